The zero-order valence-corrected chi connectivity index (χ0v) is 12.2. The van der Waals surface area contributed by atoms with Crippen LogP contribution in [0.2, 0.25) is 0 Å². The van der Waals surface area contributed by atoms with Crippen LogP contribution in [-0.2, 0) is 5.60 Å². The summed E-state index contributed by atoms with van der Waals surface area (Å²) >= 11 is 0. The minimum Gasteiger partial charge on any atom is -0.496 e. The Bertz CT molecular complexity index is 706. The number of rotatable bonds is 4. The van der Waals surface area contributed by atoms with E-state index in [-0.39, 0.29) is 0 Å². The molecular weight excluding hydrogens is 276 g/mol. The number of methoxy groups -OCH3 is 1. The highest BCUT2D eigenvalue weighted by atomic mass is 16.5. The zero-order chi connectivity index (χ0) is 15.4. The Morgan fingerprint density at radius 3 is 2.18 bits per heavy atom. The third-order valence-corrected chi connectivity index (χ3v) is 3.67. The first-order valence-electron chi connectivity index (χ1n) is 6.93. The van der Waals surface area contributed by atoms with Gasteiger partial charge in [-0.2, -0.15) is 0 Å². The average Bonchev–Trinajstić information content (AvgIpc) is 2.62. The molecule has 110 valence electrons. The second-order valence-corrected chi connectivity index (χ2v) is 4.90. The fraction of sp³-hybridized carbons (Fsp3) is 0.111. The Kier molecular flexibility index (Phi) is 3.85. The first-order valence-corrected chi connectivity index (χ1v) is 6.93. The maximum Gasteiger partial charge on any atom is 0.147 e. The van der Waals surface area contributed by atoms with Crippen molar-refractivity contribution in [3.05, 3.63) is 90.0 Å². The summed E-state index contributed by atoms with van der Waals surface area (Å²) in [6.45, 7) is 0. The van der Waals surface area contributed by atoms with Crippen LogP contribution in [0.4, 0.5) is 0 Å². The van der Waals surface area contributed by atoms with Gasteiger partial charge in [-0.05, 0) is 11.6 Å². The Morgan fingerprint density at radius 1 is 0.864 bits per heavy atom. The number of benzene rings is 2. The SMILES string of the molecule is COc1ccccc1C(O)(c1ccccc1)c1cncnc1. The van der Waals surface area contributed by atoms with Gasteiger partial charge in [-0.15, -0.1) is 0 Å². The molecule has 3 aromatic rings. The molecule has 0 fully saturated rings. The fourth-order valence-corrected chi connectivity index (χ4v) is 2.59. The molecule has 0 spiro atoms. The molecule has 3 rings (SSSR count). The molecule has 1 heterocycles. The molecule has 1 atom stereocenters. The van der Waals surface area contributed by atoms with Crippen LogP contribution in [0.25, 0.3) is 0 Å². The number of hydrogen-bond donors (Lipinski definition) is 1. The summed E-state index contributed by atoms with van der Waals surface area (Å²) in [6.07, 6.45) is 4.68. The van der Waals surface area contributed by atoms with E-state index in [0.717, 1.165) is 5.56 Å². The Morgan fingerprint density at radius 2 is 1.50 bits per heavy atom. The van der Waals surface area contributed by atoms with Crippen molar-refractivity contribution in [1.82, 2.24) is 9.97 Å². The van der Waals surface area contributed by atoms with Gasteiger partial charge in [-0.3, -0.25) is 0 Å². The molecule has 4 nitrogen and oxygen atoms in total. The van der Waals surface area contributed by atoms with Gasteiger partial charge in [0.05, 0.1) is 7.11 Å². The molecular formula is C18H16N2O2. The van der Waals surface area contributed by atoms with Gasteiger partial charge in [0.15, 0.2) is 0 Å². The lowest BCUT2D eigenvalue weighted by Crippen LogP contribution is -2.29. The molecule has 2 aromatic carbocycles. The van der Waals surface area contributed by atoms with Crippen LogP contribution in [-0.4, -0.2) is 22.2 Å². The largest absolute Gasteiger partial charge is 0.496 e. The van der Waals surface area contributed by atoms with Gasteiger partial charge in [0.25, 0.3) is 0 Å². The molecule has 22 heavy (non-hydrogen) atoms. The highest BCUT2D eigenvalue weighted by molar-refractivity contribution is 5.51. The Labute approximate surface area is 129 Å². The third kappa shape index (κ3) is 2.34. The topological polar surface area (TPSA) is 55.2 Å². The van der Waals surface area contributed by atoms with Crippen molar-refractivity contribution in [2.24, 2.45) is 0 Å². The zero-order valence-electron chi connectivity index (χ0n) is 12.2. The quantitative estimate of drug-likeness (QED) is 0.803. The minimum atomic E-state index is -1.38. The average molecular weight is 292 g/mol. The van der Waals surface area contributed by atoms with Crippen LogP contribution in [0.1, 0.15) is 16.7 Å². The molecule has 0 radical (unpaired) electrons. The second kappa shape index (κ2) is 5.95. The normalized spacial score (nSPS) is 13.4. The van der Waals surface area contributed by atoms with Crippen LogP contribution in [0, 0.1) is 0 Å². The molecule has 0 bridgehead atoms. The lowest BCUT2D eigenvalue weighted by atomic mass is 9.81. The van der Waals surface area contributed by atoms with Gasteiger partial charge in [-0.25, -0.2) is 9.97 Å². The van der Waals surface area contributed by atoms with Crippen molar-refractivity contribution in [1.29, 1.82) is 0 Å². The van der Waals surface area contributed by atoms with E-state index in [4.69, 9.17) is 4.74 Å². The van der Waals surface area contributed by atoms with E-state index in [1.807, 2.05) is 54.6 Å². The van der Waals surface area contributed by atoms with Crippen molar-refractivity contribution in [3.63, 3.8) is 0 Å². The van der Waals surface area contributed by atoms with Crippen molar-refractivity contribution in [2.45, 2.75) is 5.60 Å². The number of para-hydroxylation sites is 1. The molecule has 0 saturated heterocycles. The van der Waals surface area contributed by atoms with E-state index in [1.54, 1.807) is 19.5 Å². The summed E-state index contributed by atoms with van der Waals surface area (Å²) in [4.78, 5) is 8.09. The standard InChI is InChI=1S/C18H16N2O2/c1-22-17-10-6-5-9-16(17)18(21,14-7-3-2-4-8-14)15-11-19-13-20-12-15/h2-13,21H,1H3. The molecule has 0 aliphatic carbocycles. The van der Waals surface area contributed by atoms with Gasteiger partial charge >= 0.3 is 0 Å². The number of hydrogen-bond acceptors (Lipinski definition) is 4. The van der Waals surface area contributed by atoms with Gasteiger partial charge in [0.1, 0.15) is 17.7 Å². The summed E-state index contributed by atoms with van der Waals surface area (Å²) < 4.78 is 5.43. The van der Waals surface area contributed by atoms with E-state index in [9.17, 15) is 5.11 Å². The van der Waals surface area contributed by atoms with E-state index in [2.05, 4.69) is 9.97 Å². The van der Waals surface area contributed by atoms with Crippen molar-refractivity contribution >= 4 is 0 Å². The number of nitrogens with zero attached hydrogens (tertiary/aromatic N) is 2. The minimum absolute atomic E-state index is 0.589. The van der Waals surface area contributed by atoms with Crippen molar-refractivity contribution in [3.8, 4) is 5.75 Å². The number of aliphatic hydroxyl groups is 1. The van der Waals surface area contributed by atoms with E-state index in [0.29, 0.717) is 16.9 Å². The van der Waals surface area contributed by atoms with Gasteiger partial charge in [-0.1, -0.05) is 48.5 Å². The lowest BCUT2D eigenvalue weighted by Gasteiger charge is -2.30. The number of aromatic nitrogens is 2. The van der Waals surface area contributed by atoms with Gasteiger partial charge in [0.2, 0.25) is 0 Å². The van der Waals surface area contributed by atoms with E-state index in [1.165, 1.54) is 6.33 Å². The number of ether oxygens (including phenoxy) is 1. The highest BCUT2D eigenvalue weighted by Crippen LogP contribution is 2.40. The smallest absolute Gasteiger partial charge is 0.147 e. The van der Waals surface area contributed by atoms with Crippen molar-refractivity contribution in [2.75, 3.05) is 7.11 Å². The molecule has 0 saturated carbocycles. The van der Waals surface area contributed by atoms with Crippen LogP contribution < -0.4 is 4.74 Å². The van der Waals surface area contributed by atoms with Crippen LogP contribution in [0.3, 0.4) is 0 Å². The first kappa shape index (κ1) is 14.2. The van der Waals surface area contributed by atoms with Gasteiger partial charge < -0.3 is 9.84 Å². The maximum atomic E-state index is 11.6. The molecule has 0 aliphatic rings. The molecule has 0 aliphatic heterocycles. The van der Waals surface area contributed by atoms with E-state index < -0.39 is 5.60 Å². The van der Waals surface area contributed by atoms with Gasteiger partial charge in [0, 0.05) is 23.5 Å². The molecule has 1 N–H and O–H groups in total. The monoisotopic (exact) mass is 292 g/mol. The molecule has 1 unspecified atom stereocenters. The Hall–Kier alpha value is -2.72. The van der Waals surface area contributed by atoms with Crippen molar-refractivity contribution < 1.29 is 9.84 Å². The molecule has 4 heteroatoms. The van der Waals surface area contributed by atoms with Crippen LogP contribution in [0.15, 0.2) is 73.3 Å². The summed E-state index contributed by atoms with van der Waals surface area (Å²) in [6, 6.07) is 16.8. The molecule has 0 amide bonds. The predicted octanol–water partition coefficient (Wildman–Crippen LogP) is 2.77. The molecule has 1 aromatic heterocycles. The third-order valence-electron chi connectivity index (χ3n) is 3.67. The van der Waals surface area contributed by atoms with Crippen LogP contribution in [0.5, 0.6) is 5.75 Å². The Balaban J connectivity index is 2.29. The second-order valence-electron chi connectivity index (χ2n) is 4.90. The summed E-state index contributed by atoms with van der Waals surface area (Å²) in [5.41, 5.74) is 0.591. The summed E-state index contributed by atoms with van der Waals surface area (Å²) in [5.74, 6) is 0.609. The van der Waals surface area contributed by atoms with E-state index >= 15 is 0 Å². The van der Waals surface area contributed by atoms with Crippen LogP contribution >= 0.6 is 0 Å². The summed E-state index contributed by atoms with van der Waals surface area (Å²) in [7, 11) is 1.59. The lowest BCUT2D eigenvalue weighted by molar-refractivity contribution is 0.121. The summed E-state index contributed by atoms with van der Waals surface area (Å²) in [5, 5.41) is 11.6. The maximum absolute atomic E-state index is 11.6. The first-order chi connectivity index (χ1) is 10.8. The predicted molar refractivity (Wildman–Crippen MR) is 83.6 cm³/mol. The highest BCUT2D eigenvalue weighted by Gasteiger charge is 2.36. The fourth-order valence-electron chi connectivity index (χ4n) is 2.59.